The molecule has 1 amide bonds. The number of carbonyl (C=O) groups excluding carboxylic acids is 1. The Morgan fingerprint density at radius 3 is 2.54 bits per heavy atom. The van der Waals surface area contributed by atoms with Crippen molar-refractivity contribution in [2.45, 2.75) is 13.3 Å². The molecule has 4 rings (SSSR count). The second kappa shape index (κ2) is 8.02. The zero-order chi connectivity index (χ0) is 19.5. The Hall–Kier alpha value is -2.87. The number of carbonyl (C=O) groups is 1. The standard InChI is InChI=1S/C20H20FN5OS/c1-14-17(28-19(24-14)15-5-2-3-6-16(15)21)13-18(27)25-9-11-26(12-10-25)20-22-7-4-8-23-20/h2-8H,9-13H2,1H3. The summed E-state index contributed by atoms with van der Waals surface area (Å²) < 4.78 is 14.0. The number of hydrogen-bond donors (Lipinski definition) is 0. The highest BCUT2D eigenvalue weighted by atomic mass is 32.1. The first kappa shape index (κ1) is 18.5. The van der Waals surface area contributed by atoms with Crippen LogP contribution in [0.15, 0.2) is 42.7 Å². The van der Waals surface area contributed by atoms with E-state index in [2.05, 4.69) is 19.9 Å². The smallest absolute Gasteiger partial charge is 0.228 e. The molecule has 0 atom stereocenters. The number of anilines is 1. The van der Waals surface area contributed by atoms with E-state index in [0.29, 0.717) is 49.1 Å². The van der Waals surface area contributed by atoms with Gasteiger partial charge in [0.2, 0.25) is 11.9 Å². The fourth-order valence-corrected chi connectivity index (χ4v) is 4.28. The van der Waals surface area contributed by atoms with Crippen LogP contribution in [-0.2, 0) is 11.2 Å². The Kier molecular flexibility index (Phi) is 5.29. The number of benzene rings is 1. The van der Waals surface area contributed by atoms with Gasteiger partial charge in [0.05, 0.1) is 12.1 Å². The summed E-state index contributed by atoms with van der Waals surface area (Å²) in [6, 6.07) is 8.37. The number of aromatic nitrogens is 3. The molecule has 28 heavy (non-hydrogen) atoms. The van der Waals surface area contributed by atoms with Crippen molar-refractivity contribution < 1.29 is 9.18 Å². The average molecular weight is 397 g/mol. The van der Waals surface area contributed by atoms with Gasteiger partial charge in [0.25, 0.3) is 0 Å². The quantitative estimate of drug-likeness (QED) is 0.677. The molecule has 2 aromatic heterocycles. The number of amides is 1. The van der Waals surface area contributed by atoms with Gasteiger partial charge in [-0.2, -0.15) is 0 Å². The van der Waals surface area contributed by atoms with E-state index >= 15 is 0 Å². The van der Waals surface area contributed by atoms with Crippen molar-refractivity contribution in [3.8, 4) is 10.6 Å². The van der Waals surface area contributed by atoms with E-state index in [1.807, 2.05) is 11.8 Å². The minimum atomic E-state index is -0.298. The first-order valence-electron chi connectivity index (χ1n) is 9.13. The Morgan fingerprint density at radius 1 is 1.11 bits per heavy atom. The molecule has 3 heterocycles. The van der Waals surface area contributed by atoms with Gasteiger partial charge in [0.1, 0.15) is 10.8 Å². The number of aryl methyl sites for hydroxylation is 1. The van der Waals surface area contributed by atoms with Gasteiger partial charge in [0.15, 0.2) is 0 Å². The highest BCUT2D eigenvalue weighted by molar-refractivity contribution is 7.15. The first-order valence-corrected chi connectivity index (χ1v) is 9.94. The van der Waals surface area contributed by atoms with E-state index in [9.17, 15) is 9.18 Å². The lowest BCUT2D eigenvalue weighted by Gasteiger charge is -2.34. The van der Waals surface area contributed by atoms with Gasteiger partial charge < -0.3 is 9.80 Å². The molecule has 6 nitrogen and oxygen atoms in total. The third kappa shape index (κ3) is 3.87. The van der Waals surface area contributed by atoms with Gasteiger partial charge in [-0.15, -0.1) is 11.3 Å². The van der Waals surface area contributed by atoms with Crippen LogP contribution in [0.4, 0.5) is 10.3 Å². The van der Waals surface area contributed by atoms with Crippen molar-refractivity contribution in [2.24, 2.45) is 0 Å². The van der Waals surface area contributed by atoms with Crippen LogP contribution in [0.2, 0.25) is 0 Å². The predicted octanol–water partition coefficient (Wildman–Crippen LogP) is 2.94. The Morgan fingerprint density at radius 2 is 1.82 bits per heavy atom. The van der Waals surface area contributed by atoms with E-state index in [1.54, 1.807) is 36.7 Å². The monoisotopic (exact) mass is 397 g/mol. The minimum absolute atomic E-state index is 0.0699. The number of nitrogens with zero attached hydrogens (tertiary/aromatic N) is 5. The minimum Gasteiger partial charge on any atom is -0.339 e. The normalized spacial score (nSPS) is 14.4. The predicted molar refractivity (Wildman–Crippen MR) is 107 cm³/mol. The fourth-order valence-electron chi connectivity index (χ4n) is 3.20. The number of piperazine rings is 1. The number of hydrogen-bond acceptors (Lipinski definition) is 6. The van der Waals surface area contributed by atoms with Crippen LogP contribution in [-0.4, -0.2) is 51.9 Å². The topological polar surface area (TPSA) is 62.2 Å². The summed E-state index contributed by atoms with van der Waals surface area (Å²) in [5, 5.41) is 0.615. The van der Waals surface area contributed by atoms with Crippen LogP contribution in [0.3, 0.4) is 0 Å². The van der Waals surface area contributed by atoms with Gasteiger partial charge >= 0.3 is 0 Å². The van der Waals surface area contributed by atoms with Crippen molar-refractivity contribution in [1.82, 2.24) is 19.9 Å². The molecule has 0 aliphatic carbocycles. The second-order valence-electron chi connectivity index (χ2n) is 6.60. The molecule has 0 spiro atoms. The van der Waals surface area contributed by atoms with Gasteiger partial charge in [-0.3, -0.25) is 4.79 Å². The molecule has 144 valence electrons. The summed E-state index contributed by atoms with van der Waals surface area (Å²) in [4.78, 5) is 30.6. The zero-order valence-corrected chi connectivity index (χ0v) is 16.3. The molecule has 0 N–H and O–H groups in total. The van der Waals surface area contributed by atoms with Crippen molar-refractivity contribution in [2.75, 3.05) is 31.1 Å². The third-order valence-electron chi connectivity index (χ3n) is 4.78. The SMILES string of the molecule is Cc1nc(-c2ccccc2F)sc1CC(=O)N1CCN(c2ncccn2)CC1. The molecule has 1 aliphatic rings. The maximum Gasteiger partial charge on any atom is 0.228 e. The molecule has 0 saturated carbocycles. The lowest BCUT2D eigenvalue weighted by molar-refractivity contribution is -0.130. The third-order valence-corrected chi connectivity index (χ3v) is 5.97. The summed E-state index contributed by atoms with van der Waals surface area (Å²) in [7, 11) is 0. The van der Waals surface area contributed by atoms with Gasteiger partial charge in [-0.1, -0.05) is 12.1 Å². The zero-order valence-electron chi connectivity index (χ0n) is 15.5. The largest absolute Gasteiger partial charge is 0.339 e. The van der Waals surface area contributed by atoms with Crippen LogP contribution < -0.4 is 4.90 Å². The highest BCUT2D eigenvalue weighted by Gasteiger charge is 2.24. The number of rotatable bonds is 4. The van der Waals surface area contributed by atoms with E-state index in [1.165, 1.54) is 17.4 Å². The molecule has 0 radical (unpaired) electrons. The van der Waals surface area contributed by atoms with Crippen molar-refractivity contribution >= 4 is 23.2 Å². The summed E-state index contributed by atoms with van der Waals surface area (Å²) >= 11 is 1.39. The van der Waals surface area contributed by atoms with Gasteiger partial charge in [-0.25, -0.2) is 19.3 Å². The van der Waals surface area contributed by atoms with Crippen molar-refractivity contribution in [1.29, 1.82) is 0 Å². The molecule has 3 aromatic rings. The lowest BCUT2D eigenvalue weighted by Crippen LogP contribution is -2.49. The Bertz CT molecular complexity index is 970. The van der Waals surface area contributed by atoms with Crippen LogP contribution >= 0.6 is 11.3 Å². The van der Waals surface area contributed by atoms with E-state index in [-0.39, 0.29) is 11.7 Å². The maximum absolute atomic E-state index is 14.0. The molecular weight excluding hydrogens is 377 g/mol. The van der Waals surface area contributed by atoms with Gasteiger partial charge in [0, 0.05) is 49.0 Å². The van der Waals surface area contributed by atoms with E-state index in [0.717, 1.165) is 10.6 Å². The lowest BCUT2D eigenvalue weighted by atomic mass is 10.2. The fraction of sp³-hybridized carbons (Fsp3) is 0.300. The van der Waals surface area contributed by atoms with E-state index < -0.39 is 0 Å². The molecule has 1 fully saturated rings. The molecule has 8 heteroatoms. The summed E-state index contributed by atoms with van der Waals surface area (Å²) in [5.41, 5.74) is 1.26. The van der Waals surface area contributed by atoms with Crippen LogP contribution in [0, 0.1) is 12.7 Å². The summed E-state index contributed by atoms with van der Waals surface area (Å²) in [6.45, 7) is 4.55. The second-order valence-corrected chi connectivity index (χ2v) is 7.68. The highest BCUT2D eigenvalue weighted by Crippen LogP contribution is 2.30. The summed E-state index contributed by atoms with van der Waals surface area (Å²) in [6.07, 6.45) is 3.74. The molecule has 1 aliphatic heterocycles. The average Bonchev–Trinajstić information content (AvgIpc) is 3.09. The number of halogens is 1. The summed E-state index contributed by atoms with van der Waals surface area (Å²) in [5.74, 6) is 0.469. The molecule has 1 aromatic carbocycles. The van der Waals surface area contributed by atoms with Crippen molar-refractivity contribution in [3.05, 3.63) is 59.1 Å². The van der Waals surface area contributed by atoms with Crippen LogP contribution in [0.1, 0.15) is 10.6 Å². The molecule has 0 unspecified atom stereocenters. The van der Waals surface area contributed by atoms with Crippen molar-refractivity contribution in [3.63, 3.8) is 0 Å². The van der Waals surface area contributed by atoms with Crippen LogP contribution in [0.5, 0.6) is 0 Å². The Labute approximate surface area is 166 Å². The first-order chi connectivity index (χ1) is 13.6. The van der Waals surface area contributed by atoms with Gasteiger partial charge in [-0.05, 0) is 25.1 Å². The number of thiazole rings is 1. The molecular formula is C20H20FN5OS. The molecule has 1 saturated heterocycles. The Balaban J connectivity index is 1.40. The maximum atomic E-state index is 14.0. The molecule has 0 bridgehead atoms. The van der Waals surface area contributed by atoms with Crippen LogP contribution in [0.25, 0.3) is 10.6 Å². The van der Waals surface area contributed by atoms with E-state index in [4.69, 9.17) is 0 Å².